The number of fused-ring (bicyclic) bond motifs is 1. The Labute approximate surface area is 198 Å². The highest BCUT2D eigenvalue weighted by atomic mass is 16.5. The van der Waals surface area contributed by atoms with Gasteiger partial charge in [-0.25, -0.2) is 0 Å². The normalized spacial score (nSPS) is 10.9. The van der Waals surface area contributed by atoms with E-state index < -0.39 is 11.4 Å². The summed E-state index contributed by atoms with van der Waals surface area (Å²) >= 11 is 0. The Morgan fingerprint density at radius 3 is 2.12 bits per heavy atom. The molecule has 0 aliphatic rings. The first kappa shape index (κ1) is 25.0. The number of phenolic OH excluding ortho intramolecular Hbond substituents is 1. The predicted octanol–water partition coefficient (Wildman–Crippen LogP) is 6.14. The molecule has 1 N–H and O–H groups in total. The number of ether oxygens (including phenoxy) is 2. The van der Waals surface area contributed by atoms with Gasteiger partial charge in [-0.15, -0.1) is 0 Å². The van der Waals surface area contributed by atoms with Gasteiger partial charge in [-0.2, -0.15) is 0 Å². The molecule has 0 atom stereocenters. The van der Waals surface area contributed by atoms with Gasteiger partial charge >= 0.3 is 11.9 Å². The number of unbranched alkanes of at least 4 members (excludes halogenated alkanes) is 4. The first-order chi connectivity index (χ1) is 16.4. The quantitative estimate of drug-likeness (QED) is 0.206. The third-order valence-electron chi connectivity index (χ3n) is 5.42. The molecule has 180 valence electrons. The van der Waals surface area contributed by atoms with E-state index in [0.717, 1.165) is 32.1 Å². The van der Waals surface area contributed by atoms with Crippen molar-refractivity contribution in [3.05, 3.63) is 52.9 Å². The zero-order chi connectivity index (χ0) is 24.5. The van der Waals surface area contributed by atoms with Crippen LogP contribution in [0.1, 0.15) is 65.2 Å². The Morgan fingerprint density at radius 1 is 0.882 bits per heavy atom. The minimum atomic E-state index is -0.477. The van der Waals surface area contributed by atoms with Gasteiger partial charge in [0.1, 0.15) is 34.5 Å². The van der Waals surface area contributed by atoms with Crippen molar-refractivity contribution in [3.63, 3.8) is 0 Å². The van der Waals surface area contributed by atoms with Crippen LogP contribution in [0.4, 0.5) is 0 Å². The molecule has 0 aliphatic heterocycles. The van der Waals surface area contributed by atoms with E-state index in [1.165, 1.54) is 18.4 Å². The summed E-state index contributed by atoms with van der Waals surface area (Å²) in [5.41, 5.74) is 0.515. The van der Waals surface area contributed by atoms with Crippen molar-refractivity contribution in [3.8, 4) is 28.4 Å². The Balaban J connectivity index is 1.85. The van der Waals surface area contributed by atoms with Crippen molar-refractivity contribution in [1.29, 1.82) is 0 Å². The van der Waals surface area contributed by atoms with Gasteiger partial charge in [-0.3, -0.25) is 14.4 Å². The van der Waals surface area contributed by atoms with E-state index in [1.807, 2.05) is 6.92 Å². The lowest BCUT2D eigenvalue weighted by Crippen LogP contribution is -2.12. The van der Waals surface area contributed by atoms with Gasteiger partial charge in [0.2, 0.25) is 5.43 Å². The van der Waals surface area contributed by atoms with Crippen molar-refractivity contribution in [1.82, 2.24) is 0 Å². The fourth-order valence-electron chi connectivity index (χ4n) is 3.58. The molecule has 0 saturated carbocycles. The van der Waals surface area contributed by atoms with Gasteiger partial charge in [0, 0.05) is 25.0 Å². The van der Waals surface area contributed by atoms with Crippen molar-refractivity contribution in [2.75, 3.05) is 0 Å². The third-order valence-corrected chi connectivity index (χ3v) is 5.42. The molecule has 0 amide bonds. The second-order valence-corrected chi connectivity index (χ2v) is 8.18. The lowest BCUT2D eigenvalue weighted by Gasteiger charge is -2.10. The average molecular weight is 467 g/mol. The summed E-state index contributed by atoms with van der Waals surface area (Å²) < 4.78 is 16.3. The van der Waals surface area contributed by atoms with Crippen LogP contribution < -0.4 is 14.9 Å². The maximum absolute atomic E-state index is 13.3. The van der Waals surface area contributed by atoms with E-state index in [0.29, 0.717) is 24.2 Å². The van der Waals surface area contributed by atoms with Crippen LogP contribution in [0.2, 0.25) is 0 Å². The van der Waals surface area contributed by atoms with Crippen molar-refractivity contribution in [2.45, 2.75) is 65.2 Å². The number of esters is 2. The highest BCUT2D eigenvalue weighted by molar-refractivity contribution is 5.90. The summed E-state index contributed by atoms with van der Waals surface area (Å²) in [4.78, 5) is 37.5. The Morgan fingerprint density at radius 2 is 1.50 bits per heavy atom. The molecule has 0 unspecified atom stereocenters. The Bertz CT molecular complexity index is 1190. The highest BCUT2D eigenvalue weighted by Crippen LogP contribution is 2.31. The molecule has 2 aromatic carbocycles. The molecule has 0 radical (unpaired) electrons. The van der Waals surface area contributed by atoms with Crippen LogP contribution in [0.15, 0.2) is 51.9 Å². The fourth-order valence-corrected chi connectivity index (χ4v) is 3.58. The van der Waals surface area contributed by atoms with E-state index in [4.69, 9.17) is 13.9 Å². The van der Waals surface area contributed by atoms with Gasteiger partial charge < -0.3 is 19.0 Å². The summed E-state index contributed by atoms with van der Waals surface area (Å²) in [6.07, 6.45) is 7.19. The van der Waals surface area contributed by atoms with Gasteiger partial charge in [0.05, 0.1) is 5.56 Å². The number of carbonyl (C=O) groups excluding carboxylic acids is 2. The molecule has 1 aromatic heterocycles. The van der Waals surface area contributed by atoms with Crippen molar-refractivity contribution in [2.24, 2.45) is 0 Å². The first-order valence-electron chi connectivity index (χ1n) is 11.7. The molecule has 3 rings (SSSR count). The minimum Gasteiger partial charge on any atom is -0.508 e. The molecule has 34 heavy (non-hydrogen) atoms. The smallest absolute Gasteiger partial charge is 0.311 e. The molecular formula is C27H30O7. The number of carbonyl (C=O) groups is 2. The van der Waals surface area contributed by atoms with E-state index in [9.17, 15) is 19.5 Å². The minimum absolute atomic E-state index is 0.0373. The van der Waals surface area contributed by atoms with Gasteiger partial charge in [-0.1, -0.05) is 51.7 Å². The molecule has 0 bridgehead atoms. The van der Waals surface area contributed by atoms with Crippen LogP contribution in [0.25, 0.3) is 22.1 Å². The fraction of sp³-hybridized carbons (Fsp3) is 0.370. The number of hydrogen-bond donors (Lipinski definition) is 1. The molecule has 7 nitrogen and oxygen atoms in total. The zero-order valence-electron chi connectivity index (χ0n) is 19.6. The Hall–Kier alpha value is -3.61. The molecule has 1 heterocycles. The summed E-state index contributed by atoms with van der Waals surface area (Å²) in [6, 6.07) is 9.08. The molecule has 0 saturated heterocycles. The number of hydrogen-bond acceptors (Lipinski definition) is 7. The number of phenols is 1. The van der Waals surface area contributed by atoms with E-state index in [1.54, 1.807) is 24.3 Å². The van der Waals surface area contributed by atoms with Crippen LogP contribution in [-0.2, 0) is 9.59 Å². The van der Waals surface area contributed by atoms with Crippen molar-refractivity contribution < 1.29 is 28.6 Å². The molecule has 0 spiro atoms. The van der Waals surface area contributed by atoms with Crippen LogP contribution in [0, 0.1) is 0 Å². The molecule has 0 fully saturated rings. The van der Waals surface area contributed by atoms with E-state index in [2.05, 4.69) is 6.92 Å². The van der Waals surface area contributed by atoms with Gasteiger partial charge in [-0.05, 0) is 30.5 Å². The molecular weight excluding hydrogens is 436 g/mol. The second-order valence-electron chi connectivity index (χ2n) is 8.18. The largest absolute Gasteiger partial charge is 0.508 e. The van der Waals surface area contributed by atoms with Crippen LogP contribution in [0.3, 0.4) is 0 Å². The molecule has 7 heteroatoms. The maximum Gasteiger partial charge on any atom is 0.311 e. The SMILES string of the molecule is CCCCCC(=O)Oc1ccc(-c2coc3cc(O)cc(OC(=O)CCCCC)c3c2=O)cc1. The number of aromatic hydroxyl groups is 1. The zero-order valence-corrected chi connectivity index (χ0v) is 19.6. The topological polar surface area (TPSA) is 103 Å². The highest BCUT2D eigenvalue weighted by Gasteiger charge is 2.18. The van der Waals surface area contributed by atoms with E-state index >= 15 is 0 Å². The van der Waals surface area contributed by atoms with Crippen LogP contribution in [0.5, 0.6) is 17.2 Å². The third kappa shape index (κ3) is 6.47. The summed E-state index contributed by atoms with van der Waals surface area (Å²) in [7, 11) is 0. The van der Waals surface area contributed by atoms with Gasteiger partial charge in [0.25, 0.3) is 0 Å². The van der Waals surface area contributed by atoms with Crippen LogP contribution >= 0.6 is 0 Å². The maximum atomic E-state index is 13.3. The number of benzene rings is 2. The Kier molecular flexibility index (Phi) is 8.85. The standard InChI is InChI=1S/C27H30O7/c1-3-5-7-9-24(29)33-20-13-11-18(12-14-20)21-17-32-22-15-19(28)16-23(26(22)27(21)31)34-25(30)10-8-6-4-2/h11-17,28H,3-10H2,1-2H3. The lowest BCUT2D eigenvalue weighted by molar-refractivity contribution is -0.135. The van der Waals surface area contributed by atoms with Gasteiger partial charge in [0.15, 0.2) is 0 Å². The summed E-state index contributed by atoms with van der Waals surface area (Å²) in [5.74, 6) is -0.594. The summed E-state index contributed by atoms with van der Waals surface area (Å²) in [6.45, 7) is 4.10. The first-order valence-corrected chi connectivity index (χ1v) is 11.7. The average Bonchev–Trinajstić information content (AvgIpc) is 2.80. The summed E-state index contributed by atoms with van der Waals surface area (Å²) in [5, 5.41) is 10.1. The molecule has 0 aliphatic carbocycles. The number of rotatable bonds is 11. The van der Waals surface area contributed by atoms with E-state index in [-0.39, 0.29) is 40.4 Å². The predicted molar refractivity (Wildman–Crippen MR) is 129 cm³/mol. The molecule has 3 aromatic rings. The monoisotopic (exact) mass is 466 g/mol. The lowest BCUT2D eigenvalue weighted by atomic mass is 10.0. The van der Waals surface area contributed by atoms with Crippen LogP contribution in [-0.4, -0.2) is 17.0 Å². The van der Waals surface area contributed by atoms with Crippen molar-refractivity contribution >= 4 is 22.9 Å². The second kappa shape index (κ2) is 12.0.